The van der Waals surface area contributed by atoms with Gasteiger partial charge in [-0.25, -0.2) is 13.2 Å². The van der Waals surface area contributed by atoms with Crippen molar-refractivity contribution < 1.29 is 13.2 Å². The van der Waals surface area contributed by atoms with Crippen molar-refractivity contribution in [3.05, 3.63) is 47.3 Å². The molecular formula is C16H21N3O3S2. The van der Waals surface area contributed by atoms with Gasteiger partial charge in [0.15, 0.2) is 0 Å². The van der Waals surface area contributed by atoms with Gasteiger partial charge in [0.1, 0.15) is 4.21 Å². The average Bonchev–Trinajstić information content (AvgIpc) is 3.04. The summed E-state index contributed by atoms with van der Waals surface area (Å²) in [6.45, 7) is 4.76. The second-order valence-electron chi connectivity index (χ2n) is 4.98. The van der Waals surface area contributed by atoms with Crippen LogP contribution in [-0.2, 0) is 16.6 Å². The molecule has 0 radical (unpaired) electrons. The molecule has 0 aliphatic rings. The van der Waals surface area contributed by atoms with Crippen LogP contribution in [0.3, 0.4) is 0 Å². The number of amides is 2. The van der Waals surface area contributed by atoms with Crippen molar-refractivity contribution in [3.8, 4) is 0 Å². The molecule has 2 aromatic rings. The predicted molar refractivity (Wildman–Crippen MR) is 96.7 cm³/mol. The SMILES string of the molecule is CCN(CC)S(=O)(=O)c1ccc(CNC(=O)Nc2ccccc2)s1. The van der Waals surface area contributed by atoms with Gasteiger partial charge >= 0.3 is 6.03 Å². The monoisotopic (exact) mass is 367 g/mol. The molecule has 8 heteroatoms. The Morgan fingerprint density at radius 2 is 1.75 bits per heavy atom. The third-order valence-electron chi connectivity index (χ3n) is 3.39. The van der Waals surface area contributed by atoms with Gasteiger partial charge in [-0.2, -0.15) is 4.31 Å². The van der Waals surface area contributed by atoms with E-state index in [0.29, 0.717) is 23.0 Å². The summed E-state index contributed by atoms with van der Waals surface area (Å²) in [7, 11) is -3.44. The summed E-state index contributed by atoms with van der Waals surface area (Å²) < 4.78 is 26.6. The van der Waals surface area contributed by atoms with Crippen molar-refractivity contribution in [3.63, 3.8) is 0 Å². The highest BCUT2D eigenvalue weighted by molar-refractivity contribution is 7.91. The van der Waals surface area contributed by atoms with Crippen molar-refractivity contribution in [1.82, 2.24) is 9.62 Å². The molecule has 0 saturated heterocycles. The molecule has 0 atom stereocenters. The Morgan fingerprint density at radius 1 is 1.08 bits per heavy atom. The number of sulfonamides is 1. The number of anilines is 1. The van der Waals surface area contributed by atoms with E-state index in [1.54, 1.807) is 24.3 Å². The van der Waals surface area contributed by atoms with Gasteiger partial charge in [0.25, 0.3) is 10.0 Å². The molecule has 0 bridgehead atoms. The first kappa shape index (κ1) is 18.4. The molecule has 0 saturated carbocycles. The van der Waals surface area contributed by atoms with Crippen molar-refractivity contribution in [2.24, 2.45) is 0 Å². The second-order valence-corrected chi connectivity index (χ2v) is 8.32. The van der Waals surface area contributed by atoms with Crippen molar-refractivity contribution in [1.29, 1.82) is 0 Å². The fourth-order valence-corrected chi connectivity index (χ4v) is 5.05. The summed E-state index contributed by atoms with van der Waals surface area (Å²) >= 11 is 1.18. The Hall–Kier alpha value is -1.90. The van der Waals surface area contributed by atoms with Gasteiger partial charge in [-0.1, -0.05) is 32.0 Å². The maximum atomic E-state index is 12.4. The van der Waals surface area contributed by atoms with Crippen LogP contribution >= 0.6 is 11.3 Å². The van der Waals surface area contributed by atoms with Crippen molar-refractivity contribution >= 4 is 33.1 Å². The lowest BCUT2D eigenvalue weighted by molar-refractivity contribution is 0.252. The average molecular weight is 367 g/mol. The van der Waals surface area contributed by atoms with Gasteiger partial charge in [-0.05, 0) is 24.3 Å². The Kier molecular flexibility index (Phi) is 6.36. The number of nitrogens with one attached hydrogen (secondary N) is 2. The molecule has 2 rings (SSSR count). The van der Waals surface area contributed by atoms with Crippen LogP contribution in [0.5, 0.6) is 0 Å². The number of benzene rings is 1. The highest BCUT2D eigenvalue weighted by Crippen LogP contribution is 2.24. The van der Waals surface area contributed by atoms with Gasteiger partial charge in [0.2, 0.25) is 0 Å². The van der Waals surface area contributed by atoms with Crippen LogP contribution < -0.4 is 10.6 Å². The van der Waals surface area contributed by atoms with E-state index in [2.05, 4.69) is 10.6 Å². The van der Waals surface area contributed by atoms with Crippen LogP contribution in [0.1, 0.15) is 18.7 Å². The van der Waals surface area contributed by atoms with Crippen LogP contribution in [0.15, 0.2) is 46.7 Å². The van der Waals surface area contributed by atoms with E-state index in [0.717, 1.165) is 4.88 Å². The van der Waals surface area contributed by atoms with E-state index in [1.807, 2.05) is 32.0 Å². The molecule has 0 unspecified atom stereocenters. The molecule has 0 spiro atoms. The van der Waals surface area contributed by atoms with Crippen LogP contribution in [0.25, 0.3) is 0 Å². The molecule has 130 valence electrons. The van der Waals surface area contributed by atoms with Crippen molar-refractivity contribution in [2.75, 3.05) is 18.4 Å². The summed E-state index contributed by atoms with van der Waals surface area (Å²) in [4.78, 5) is 12.6. The number of thiophene rings is 1. The first-order valence-electron chi connectivity index (χ1n) is 7.66. The van der Waals surface area contributed by atoms with Crippen molar-refractivity contribution in [2.45, 2.75) is 24.6 Å². The lowest BCUT2D eigenvalue weighted by atomic mass is 10.3. The van der Waals surface area contributed by atoms with E-state index in [4.69, 9.17) is 0 Å². The van der Waals surface area contributed by atoms with Gasteiger partial charge in [0.05, 0.1) is 6.54 Å². The number of para-hydroxylation sites is 1. The minimum absolute atomic E-state index is 0.275. The number of rotatable bonds is 7. The Morgan fingerprint density at radius 3 is 2.38 bits per heavy atom. The number of carbonyl (C=O) groups excluding carboxylic acids is 1. The van der Waals surface area contributed by atoms with Crippen LogP contribution in [0.2, 0.25) is 0 Å². The summed E-state index contributed by atoms with van der Waals surface area (Å²) in [5.41, 5.74) is 0.700. The number of hydrogen-bond acceptors (Lipinski definition) is 4. The molecule has 24 heavy (non-hydrogen) atoms. The van der Waals surface area contributed by atoms with Gasteiger partial charge in [-0.3, -0.25) is 0 Å². The highest BCUT2D eigenvalue weighted by atomic mass is 32.2. The molecule has 2 N–H and O–H groups in total. The maximum absolute atomic E-state index is 12.4. The molecule has 1 heterocycles. The maximum Gasteiger partial charge on any atom is 0.319 e. The molecular weight excluding hydrogens is 346 g/mol. The summed E-state index contributed by atoms with van der Waals surface area (Å²) in [5.74, 6) is 0. The lowest BCUT2D eigenvalue weighted by Gasteiger charge is -2.16. The quantitative estimate of drug-likeness (QED) is 0.789. The third kappa shape index (κ3) is 4.56. The number of urea groups is 1. The molecule has 0 fully saturated rings. The van der Waals surface area contributed by atoms with E-state index >= 15 is 0 Å². The van der Waals surface area contributed by atoms with E-state index in [1.165, 1.54) is 15.6 Å². The molecule has 6 nitrogen and oxygen atoms in total. The Labute approximate surface area is 146 Å². The smallest absolute Gasteiger partial charge is 0.319 e. The van der Waals surface area contributed by atoms with Crippen LogP contribution in [0, 0.1) is 0 Å². The first-order chi connectivity index (χ1) is 11.5. The largest absolute Gasteiger partial charge is 0.333 e. The zero-order valence-electron chi connectivity index (χ0n) is 13.7. The second kappa shape index (κ2) is 8.27. The van der Waals surface area contributed by atoms with E-state index in [9.17, 15) is 13.2 Å². The Balaban J connectivity index is 1.95. The third-order valence-corrected chi connectivity index (χ3v) is 6.99. The molecule has 0 aliphatic heterocycles. The number of carbonyl (C=O) groups is 1. The standard InChI is InChI=1S/C16H21N3O3S2/c1-3-19(4-2)24(21,22)15-11-10-14(23-15)12-17-16(20)18-13-8-6-5-7-9-13/h5-11H,3-4,12H2,1-2H3,(H2,17,18,20). The molecule has 0 aliphatic carbocycles. The fraction of sp³-hybridized carbons (Fsp3) is 0.312. The minimum atomic E-state index is -3.44. The zero-order valence-corrected chi connectivity index (χ0v) is 15.3. The molecule has 2 amide bonds. The minimum Gasteiger partial charge on any atom is -0.333 e. The van der Waals surface area contributed by atoms with E-state index < -0.39 is 10.0 Å². The van der Waals surface area contributed by atoms with E-state index in [-0.39, 0.29) is 12.6 Å². The van der Waals surface area contributed by atoms with Crippen LogP contribution in [0.4, 0.5) is 10.5 Å². The highest BCUT2D eigenvalue weighted by Gasteiger charge is 2.23. The van der Waals surface area contributed by atoms with Gasteiger partial charge < -0.3 is 10.6 Å². The normalized spacial score (nSPS) is 11.5. The van der Waals surface area contributed by atoms with Crippen LogP contribution in [-0.4, -0.2) is 31.8 Å². The predicted octanol–water partition coefficient (Wildman–Crippen LogP) is 3.10. The fourth-order valence-electron chi connectivity index (χ4n) is 2.15. The van der Waals surface area contributed by atoms with Gasteiger partial charge in [0, 0.05) is 23.7 Å². The summed E-state index contributed by atoms with van der Waals surface area (Å²) in [5, 5.41) is 5.44. The van der Waals surface area contributed by atoms with Gasteiger partial charge in [-0.15, -0.1) is 11.3 Å². The summed E-state index contributed by atoms with van der Waals surface area (Å²) in [6, 6.07) is 12.1. The number of nitrogens with zero attached hydrogens (tertiary/aromatic N) is 1. The zero-order chi connectivity index (χ0) is 17.6. The lowest BCUT2D eigenvalue weighted by Crippen LogP contribution is -2.30. The number of hydrogen-bond donors (Lipinski definition) is 2. The Bertz CT molecular complexity index is 769. The first-order valence-corrected chi connectivity index (χ1v) is 9.91. The molecule has 1 aromatic carbocycles. The molecule has 1 aromatic heterocycles. The topological polar surface area (TPSA) is 78.5 Å². The summed E-state index contributed by atoms with van der Waals surface area (Å²) in [6.07, 6.45) is 0.